The highest BCUT2D eigenvalue weighted by atomic mass is 32.2. The Balaban J connectivity index is 2.07. The molecule has 1 fully saturated rings. The number of nitrogens with one attached hydrogen (secondary N) is 1. The van der Waals surface area contributed by atoms with Crippen molar-refractivity contribution in [3.05, 3.63) is 30.1 Å². The topological polar surface area (TPSA) is 49.4 Å². The van der Waals surface area contributed by atoms with Crippen molar-refractivity contribution in [2.45, 2.75) is 12.8 Å². The second kappa shape index (κ2) is 5.88. The second-order valence-electron chi connectivity index (χ2n) is 4.92. The molecule has 1 aromatic rings. The van der Waals surface area contributed by atoms with E-state index in [-0.39, 0.29) is 17.5 Å². The van der Waals surface area contributed by atoms with Crippen LogP contribution in [0.5, 0.6) is 0 Å². The van der Waals surface area contributed by atoms with Gasteiger partial charge in [-0.1, -0.05) is 0 Å². The van der Waals surface area contributed by atoms with Crippen LogP contribution in [0.3, 0.4) is 0 Å². The Morgan fingerprint density at radius 3 is 2.42 bits per heavy atom. The molecule has 1 aliphatic rings. The zero-order chi connectivity index (χ0) is 13.9. The van der Waals surface area contributed by atoms with Crippen LogP contribution in [0, 0.1) is 11.7 Å². The highest BCUT2D eigenvalue weighted by Crippen LogP contribution is 2.21. The molecule has 19 heavy (non-hydrogen) atoms. The van der Waals surface area contributed by atoms with Crippen LogP contribution in [0.1, 0.15) is 12.8 Å². The molecule has 0 atom stereocenters. The number of hydrogen-bond donors (Lipinski definition) is 1. The quantitative estimate of drug-likeness (QED) is 0.914. The summed E-state index contributed by atoms with van der Waals surface area (Å²) in [5, 5.41) is 3.22. The van der Waals surface area contributed by atoms with E-state index in [1.54, 1.807) is 0 Å². The Hall–Kier alpha value is -1.14. The van der Waals surface area contributed by atoms with Crippen LogP contribution < -0.4 is 9.62 Å². The molecule has 0 bridgehead atoms. The molecule has 4 nitrogen and oxygen atoms in total. The van der Waals surface area contributed by atoms with Crippen molar-refractivity contribution >= 4 is 15.7 Å². The largest absolute Gasteiger partial charge is 0.317 e. The lowest BCUT2D eigenvalue weighted by atomic mass is 10.0. The molecule has 1 aromatic carbocycles. The van der Waals surface area contributed by atoms with Crippen LogP contribution >= 0.6 is 0 Å². The fourth-order valence-electron chi connectivity index (χ4n) is 2.27. The molecular formula is C13H19FN2O2S. The van der Waals surface area contributed by atoms with Gasteiger partial charge in [-0.3, -0.25) is 4.31 Å². The van der Waals surface area contributed by atoms with E-state index in [2.05, 4.69) is 5.32 Å². The van der Waals surface area contributed by atoms with Gasteiger partial charge in [-0.2, -0.15) is 0 Å². The highest BCUT2D eigenvalue weighted by Gasteiger charge is 2.25. The number of sulfonamides is 1. The summed E-state index contributed by atoms with van der Waals surface area (Å²) < 4.78 is 38.7. The third kappa shape index (κ3) is 3.67. The fourth-order valence-corrected chi connectivity index (χ4v) is 3.87. The smallest absolute Gasteiger partial charge is 0.235 e. The molecular weight excluding hydrogens is 267 g/mol. The molecule has 1 N–H and O–H groups in total. The minimum Gasteiger partial charge on any atom is -0.317 e. The van der Waals surface area contributed by atoms with Crippen LogP contribution in [-0.2, 0) is 10.0 Å². The van der Waals surface area contributed by atoms with Crippen molar-refractivity contribution in [3.8, 4) is 0 Å². The molecule has 0 spiro atoms. The molecule has 0 amide bonds. The van der Waals surface area contributed by atoms with Gasteiger partial charge >= 0.3 is 0 Å². The van der Waals surface area contributed by atoms with Crippen LogP contribution in [-0.4, -0.2) is 34.3 Å². The molecule has 0 saturated carbocycles. The van der Waals surface area contributed by atoms with Crippen molar-refractivity contribution in [2.75, 3.05) is 30.2 Å². The molecule has 6 heteroatoms. The molecule has 1 saturated heterocycles. The van der Waals surface area contributed by atoms with Crippen molar-refractivity contribution in [1.82, 2.24) is 5.32 Å². The summed E-state index contributed by atoms with van der Waals surface area (Å²) in [5.41, 5.74) is 0.496. The van der Waals surface area contributed by atoms with Crippen molar-refractivity contribution < 1.29 is 12.8 Å². The maximum absolute atomic E-state index is 12.8. The van der Waals surface area contributed by atoms with E-state index in [4.69, 9.17) is 0 Å². The normalized spacial score (nSPS) is 17.4. The maximum Gasteiger partial charge on any atom is 0.235 e. The summed E-state index contributed by atoms with van der Waals surface area (Å²) >= 11 is 0. The number of benzene rings is 1. The molecule has 0 aliphatic carbocycles. The first-order valence-corrected chi connectivity index (χ1v) is 8.03. The number of anilines is 1. The van der Waals surface area contributed by atoms with Gasteiger partial charge in [0.25, 0.3) is 0 Å². The third-order valence-electron chi connectivity index (χ3n) is 3.51. The summed E-state index contributed by atoms with van der Waals surface area (Å²) in [6.07, 6.45) is 1.77. The Kier molecular flexibility index (Phi) is 4.42. The lowest BCUT2D eigenvalue weighted by Crippen LogP contribution is -2.36. The molecule has 0 aromatic heterocycles. The van der Waals surface area contributed by atoms with Crippen molar-refractivity contribution in [3.63, 3.8) is 0 Å². The van der Waals surface area contributed by atoms with Gasteiger partial charge in [0.05, 0.1) is 11.4 Å². The maximum atomic E-state index is 12.8. The van der Waals surface area contributed by atoms with Gasteiger partial charge in [-0.25, -0.2) is 12.8 Å². The summed E-state index contributed by atoms with van der Waals surface area (Å²) in [6, 6.07) is 5.50. The standard InChI is InChI=1S/C13H19FN2O2S/c1-16(13-4-2-12(14)3-5-13)19(17,18)10-11-6-8-15-9-7-11/h2-5,11,15H,6-10H2,1H3. The Labute approximate surface area is 113 Å². The van der Waals surface area contributed by atoms with E-state index in [9.17, 15) is 12.8 Å². The van der Waals surface area contributed by atoms with Gasteiger partial charge in [0.1, 0.15) is 5.82 Å². The van der Waals surface area contributed by atoms with Crippen LogP contribution in [0.25, 0.3) is 0 Å². The van der Waals surface area contributed by atoms with Gasteiger partial charge in [0.15, 0.2) is 0 Å². The zero-order valence-electron chi connectivity index (χ0n) is 11.0. The minimum absolute atomic E-state index is 0.155. The monoisotopic (exact) mass is 286 g/mol. The third-order valence-corrected chi connectivity index (χ3v) is 5.45. The Morgan fingerprint density at radius 2 is 1.84 bits per heavy atom. The Morgan fingerprint density at radius 1 is 1.26 bits per heavy atom. The van der Waals surface area contributed by atoms with Crippen LogP contribution in [0.2, 0.25) is 0 Å². The lowest BCUT2D eigenvalue weighted by Gasteiger charge is -2.26. The van der Waals surface area contributed by atoms with Crippen LogP contribution in [0.15, 0.2) is 24.3 Å². The number of halogens is 1. The number of piperidine rings is 1. The molecule has 1 aliphatic heterocycles. The van der Waals surface area contributed by atoms with Gasteiger partial charge in [-0.15, -0.1) is 0 Å². The fraction of sp³-hybridized carbons (Fsp3) is 0.538. The van der Waals surface area contributed by atoms with Gasteiger partial charge in [0.2, 0.25) is 10.0 Å². The van der Waals surface area contributed by atoms with E-state index >= 15 is 0 Å². The zero-order valence-corrected chi connectivity index (χ0v) is 11.8. The van der Waals surface area contributed by atoms with Gasteiger partial charge in [0, 0.05) is 7.05 Å². The van der Waals surface area contributed by atoms with E-state index in [0.717, 1.165) is 25.9 Å². The SMILES string of the molecule is CN(c1ccc(F)cc1)S(=O)(=O)CC1CCNCC1. The average molecular weight is 286 g/mol. The Bertz CT molecular complexity index is 510. The van der Waals surface area contributed by atoms with E-state index < -0.39 is 10.0 Å². The van der Waals surface area contributed by atoms with Crippen molar-refractivity contribution in [1.29, 1.82) is 0 Å². The first kappa shape index (κ1) is 14.3. The number of nitrogens with zero attached hydrogens (tertiary/aromatic N) is 1. The molecule has 0 unspecified atom stereocenters. The summed E-state index contributed by atoms with van der Waals surface area (Å²) in [4.78, 5) is 0. The lowest BCUT2D eigenvalue weighted by molar-refractivity contribution is 0.401. The van der Waals surface area contributed by atoms with Crippen LogP contribution in [0.4, 0.5) is 10.1 Å². The first-order chi connectivity index (χ1) is 8.99. The van der Waals surface area contributed by atoms with Gasteiger partial charge < -0.3 is 5.32 Å². The second-order valence-corrected chi connectivity index (χ2v) is 6.96. The van der Waals surface area contributed by atoms with E-state index in [0.29, 0.717) is 5.69 Å². The minimum atomic E-state index is -3.34. The van der Waals surface area contributed by atoms with Crippen molar-refractivity contribution in [2.24, 2.45) is 5.92 Å². The molecule has 2 rings (SSSR count). The first-order valence-electron chi connectivity index (χ1n) is 6.42. The van der Waals surface area contributed by atoms with Gasteiger partial charge in [-0.05, 0) is 56.1 Å². The van der Waals surface area contributed by atoms with E-state index in [1.165, 1.54) is 35.6 Å². The molecule has 1 heterocycles. The molecule has 106 valence electrons. The summed E-state index contributed by atoms with van der Waals surface area (Å²) in [5.74, 6) is -0.00945. The highest BCUT2D eigenvalue weighted by molar-refractivity contribution is 7.92. The number of hydrogen-bond acceptors (Lipinski definition) is 3. The predicted molar refractivity (Wildman–Crippen MR) is 74.2 cm³/mol. The number of rotatable bonds is 4. The summed E-state index contributed by atoms with van der Waals surface area (Å²) in [7, 11) is -1.83. The predicted octanol–water partition coefficient (Wildman–Crippen LogP) is 1.59. The summed E-state index contributed by atoms with van der Waals surface area (Å²) in [6.45, 7) is 1.75. The van der Waals surface area contributed by atoms with E-state index in [1.807, 2.05) is 0 Å². The average Bonchev–Trinajstić information content (AvgIpc) is 2.39. The molecule has 0 radical (unpaired) electrons.